The number of aromatic carboxylic acids is 1. The van der Waals surface area contributed by atoms with Crippen molar-refractivity contribution < 1.29 is 38.8 Å². The molecule has 7 rings (SSSR count). The molecule has 0 aliphatic carbocycles. The summed E-state index contributed by atoms with van der Waals surface area (Å²) >= 11 is 14.2. The number of carboxylic acid groups (broad SMARTS) is 1. The van der Waals surface area contributed by atoms with Crippen molar-refractivity contribution in [3.63, 3.8) is 0 Å². The van der Waals surface area contributed by atoms with E-state index >= 15 is 0 Å². The van der Waals surface area contributed by atoms with Gasteiger partial charge in [-0.05, 0) is 78.0 Å². The lowest BCUT2D eigenvalue weighted by atomic mass is 9.83. The van der Waals surface area contributed by atoms with Crippen molar-refractivity contribution in [3.8, 4) is 11.5 Å². The van der Waals surface area contributed by atoms with Crippen molar-refractivity contribution in [3.05, 3.63) is 109 Å². The van der Waals surface area contributed by atoms with Gasteiger partial charge in [-0.25, -0.2) is 4.79 Å². The molecule has 2 aromatic heterocycles. The molecule has 3 saturated heterocycles. The lowest BCUT2D eigenvalue weighted by Gasteiger charge is -2.44. The Morgan fingerprint density at radius 2 is 1.73 bits per heavy atom. The number of hydrogen-bond donors (Lipinski definition) is 2. The zero-order valence-corrected chi connectivity index (χ0v) is 29.4. The second-order valence-corrected chi connectivity index (χ2v) is 14.0. The van der Waals surface area contributed by atoms with E-state index in [-0.39, 0.29) is 40.0 Å². The number of nitrogens with one attached hydrogen (secondary N) is 1. The normalized spacial score (nSPS) is 19.6. The smallest absolute Gasteiger partial charge is 0.328 e. The predicted molar refractivity (Wildman–Crippen MR) is 183 cm³/mol. The molecule has 258 valence electrons. The number of methoxy groups -OCH3 is 2. The zero-order chi connectivity index (χ0) is 34.7. The molecule has 2 aromatic carbocycles. The molecule has 3 atom stereocenters. The van der Waals surface area contributed by atoms with E-state index in [0.29, 0.717) is 39.7 Å². The summed E-state index contributed by atoms with van der Waals surface area (Å²) in [6.45, 7) is 2.93. The number of aromatic nitrogens is 1. The van der Waals surface area contributed by atoms with Crippen LogP contribution in [0.4, 0.5) is 0 Å². The molecular formula is C36H37Cl2N3O7S. The van der Waals surface area contributed by atoms with E-state index in [1.807, 2.05) is 36.4 Å². The molecule has 5 heterocycles. The maximum absolute atomic E-state index is 13.9. The molecule has 0 saturated carbocycles. The van der Waals surface area contributed by atoms with Crippen molar-refractivity contribution >= 4 is 46.5 Å². The number of pyridine rings is 1. The molecule has 0 amide bonds. The quantitative estimate of drug-likeness (QED) is 0.114. The van der Waals surface area contributed by atoms with Crippen LogP contribution in [-0.4, -0.2) is 62.0 Å². The number of ether oxygens (including phenoxy) is 3. The van der Waals surface area contributed by atoms with Crippen molar-refractivity contribution in [1.82, 2.24) is 10.2 Å². The largest absolute Gasteiger partial charge is 0.544 e. The second-order valence-electron chi connectivity index (χ2n) is 12.3. The molecular weight excluding hydrogens is 689 g/mol. The first-order valence-corrected chi connectivity index (χ1v) is 17.6. The highest BCUT2D eigenvalue weighted by molar-refractivity contribution is 7.12. The molecule has 0 spiro atoms. The summed E-state index contributed by atoms with van der Waals surface area (Å²) in [4.78, 5) is 28.9. The van der Waals surface area contributed by atoms with Crippen LogP contribution in [-0.2, 0) is 22.5 Å². The summed E-state index contributed by atoms with van der Waals surface area (Å²) in [5, 5.41) is 28.2. The predicted octanol–water partition coefficient (Wildman–Crippen LogP) is 4.80. The zero-order valence-electron chi connectivity index (χ0n) is 27.1. The minimum absolute atomic E-state index is 0.0306. The third kappa shape index (κ3) is 7.66. The third-order valence-corrected chi connectivity index (χ3v) is 11.1. The molecule has 3 aliphatic heterocycles. The van der Waals surface area contributed by atoms with E-state index in [4.69, 9.17) is 37.4 Å². The fourth-order valence-electron chi connectivity index (χ4n) is 6.93. The highest BCUT2D eigenvalue weighted by Crippen LogP contribution is 2.42. The average molecular weight is 727 g/mol. The summed E-state index contributed by atoms with van der Waals surface area (Å²) in [5.74, 6) is -1.03. The molecule has 3 fully saturated rings. The first-order valence-electron chi connectivity index (χ1n) is 16.0. The number of hydrogen-bond acceptors (Lipinski definition) is 10. The maximum atomic E-state index is 13.9. The minimum Gasteiger partial charge on any atom is -0.544 e. The number of carbonyl (C=O) groups excluding carboxylic acids is 2. The van der Waals surface area contributed by atoms with Gasteiger partial charge < -0.3 is 24.1 Å². The van der Waals surface area contributed by atoms with Gasteiger partial charge in [0.15, 0.2) is 11.5 Å². The number of carbonyl (C=O) groups is 2. The van der Waals surface area contributed by atoms with E-state index in [1.165, 1.54) is 26.6 Å². The van der Waals surface area contributed by atoms with Gasteiger partial charge in [-0.15, -0.1) is 11.3 Å². The number of thiophene rings is 1. The number of rotatable bonds is 13. The Hall–Kier alpha value is -3.87. The van der Waals surface area contributed by atoms with Crippen LogP contribution < -0.4 is 24.6 Å². The SMILES string of the molecule is COc1ccc([C@H](Cc2c(Cl)c[n+](O)cc2Cl)c2c(CNC(C(=O)O[C@H]3CN4CCC3CC4)c3ccccc3)csc2C(=O)[O-])cc1OC. The molecule has 3 aliphatic rings. The van der Waals surface area contributed by atoms with Crippen LogP contribution in [0.3, 0.4) is 0 Å². The van der Waals surface area contributed by atoms with Gasteiger partial charge in [-0.1, -0.05) is 59.6 Å². The monoisotopic (exact) mass is 725 g/mol. The lowest BCUT2D eigenvalue weighted by molar-refractivity contribution is -0.904. The van der Waals surface area contributed by atoms with E-state index < -0.39 is 17.9 Å². The Morgan fingerprint density at radius 3 is 2.35 bits per heavy atom. The van der Waals surface area contributed by atoms with Gasteiger partial charge in [0, 0.05) is 29.3 Å². The number of fused-ring (bicyclic) bond motifs is 3. The molecule has 2 N–H and O–H groups in total. The Balaban J connectivity index is 1.37. The number of benzene rings is 2. The number of nitrogens with zero attached hydrogens (tertiary/aromatic N) is 2. The highest BCUT2D eigenvalue weighted by Gasteiger charge is 2.38. The van der Waals surface area contributed by atoms with Crippen molar-refractivity contribution in [1.29, 1.82) is 0 Å². The van der Waals surface area contributed by atoms with Gasteiger partial charge in [0.25, 0.3) is 0 Å². The standard InChI is InChI=1S/C36H37Cl2N3O7S/c1-46-29-9-8-23(14-30(29)47-2)25(15-26-27(37)17-41(45)18-28(26)38)32-24(20-49-34(32)35(42)43)16-39-33(22-6-4-3-5-7-22)36(44)48-31-19-40-12-10-21(31)11-13-40/h3-9,14,17-18,20-21,25,31,33,39H,10-13,15-16,19H2,1-2H3,(H-,42,43,45)/t25-,31-,33?/m0/s1. The molecule has 49 heavy (non-hydrogen) atoms. The second kappa shape index (κ2) is 15.3. The number of esters is 1. The fourth-order valence-corrected chi connectivity index (χ4v) is 8.50. The van der Waals surface area contributed by atoms with Gasteiger partial charge in [0.2, 0.25) is 12.4 Å². The molecule has 13 heteroatoms. The van der Waals surface area contributed by atoms with E-state index in [0.717, 1.165) is 54.1 Å². The Bertz CT molecular complexity index is 1790. The Labute approximate surface area is 298 Å². The first kappa shape index (κ1) is 35.0. The lowest BCUT2D eigenvalue weighted by Crippen LogP contribution is -2.52. The summed E-state index contributed by atoms with van der Waals surface area (Å²) < 4.78 is 18.0. The maximum Gasteiger partial charge on any atom is 0.328 e. The fraction of sp³-hybridized carbons (Fsp3) is 0.361. The van der Waals surface area contributed by atoms with Crippen LogP contribution in [0.2, 0.25) is 10.0 Å². The molecule has 0 radical (unpaired) electrons. The van der Waals surface area contributed by atoms with E-state index in [2.05, 4.69) is 10.2 Å². The Kier molecular flexibility index (Phi) is 11.0. The topological polar surface area (TPSA) is 124 Å². The van der Waals surface area contributed by atoms with E-state index in [1.54, 1.807) is 17.5 Å². The van der Waals surface area contributed by atoms with Crippen molar-refractivity contribution in [2.24, 2.45) is 5.92 Å². The van der Waals surface area contributed by atoms with Gasteiger partial charge >= 0.3 is 5.97 Å². The first-order chi connectivity index (χ1) is 23.7. The van der Waals surface area contributed by atoms with Crippen molar-refractivity contribution in [2.75, 3.05) is 33.9 Å². The molecule has 2 bridgehead atoms. The average Bonchev–Trinajstić information content (AvgIpc) is 3.52. The minimum atomic E-state index is -1.34. The van der Waals surface area contributed by atoms with Gasteiger partial charge in [-0.3, -0.25) is 15.4 Å². The van der Waals surface area contributed by atoms with Gasteiger partial charge in [0.05, 0.1) is 25.1 Å². The summed E-state index contributed by atoms with van der Waals surface area (Å²) in [7, 11) is 3.05. The van der Waals surface area contributed by atoms with Crippen LogP contribution in [0.15, 0.2) is 66.3 Å². The summed E-state index contributed by atoms with van der Waals surface area (Å²) in [6.07, 6.45) is 4.65. The highest BCUT2D eigenvalue weighted by atomic mass is 35.5. The third-order valence-electron chi connectivity index (χ3n) is 9.46. The van der Waals surface area contributed by atoms with E-state index in [9.17, 15) is 19.9 Å². The van der Waals surface area contributed by atoms with Crippen LogP contribution >= 0.6 is 34.5 Å². The van der Waals surface area contributed by atoms with Crippen LogP contribution in [0, 0.1) is 5.92 Å². The number of piperidine rings is 3. The number of carboxylic acids is 1. The molecule has 10 nitrogen and oxygen atoms in total. The summed E-state index contributed by atoms with van der Waals surface area (Å²) in [6, 6.07) is 13.9. The van der Waals surface area contributed by atoms with Crippen LogP contribution in [0.5, 0.6) is 11.5 Å². The summed E-state index contributed by atoms with van der Waals surface area (Å²) in [5.41, 5.74) is 3.08. The van der Waals surface area contributed by atoms with Crippen LogP contribution in [0.1, 0.15) is 62.3 Å². The Morgan fingerprint density at radius 1 is 1.04 bits per heavy atom. The van der Waals surface area contributed by atoms with Crippen molar-refractivity contribution in [2.45, 2.75) is 43.9 Å². The van der Waals surface area contributed by atoms with Crippen LogP contribution in [0.25, 0.3) is 0 Å². The van der Waals surface area contributed by atoms with Gasteiger partial charge in [0.1, 0.15) is 22.2 Å². The molecule has 4 aromatic rings. The molecule has 1 unspecified atom stereocenters. The van der Waals surface area contributed by atoms with Gasteiger partial charge in [-0.2, -0.15) is 0 Å². The number of halogens is 2.